The largest absolute Gasteiger partial charge is 0.506 e. The molecule has 0 saturated carbocycles. The maximum absolute atomic E-state index is 9.51. The Morgan fingerprint density at radius 2 is 1.83 bits per heavy atom. The van der Waals surface area contributed by atoms with Crippen LogP contribution in [-0.2, 0) is 5.41 Å². The predicted molar refractivity (Wildman–Crippen MR) is 49.3 cm³/mol. The van der Waals surface area contributed by atoms with Crippen molar-refractivity contribution in [3.8, 4) is 5.75 Å². The molecule has 0 aromatic carbocycles. The smallest absolute Gasteiger partial charge is 0.137 e. The summed E-state index contributed by atoms with van der Waals surface area (Å²) in [5, 5.41) is 9.51. The molecule has 0 saturated heterocycles. The van der Waals surface area contributed by atoms with Crippen LogP contribution < -0.4 is 0 Å². The van der Waals surface area contributed by atoms with E-state index in [2.05, 4.69) is 4.98 Å². The number of aryl methyl sites for hydroxylation is 1. The van der Waals surface area contributed by atoms with Crippen molar-refractivity contribution in [1.29, 1.82) is 0 Å². The van der Waals surface area contributed by atoms with Gasteiger partial charge in [-0.15, -0.1) is 0 Å². The summed E-state index contributed by atoms with van der Waals surface area (Å²) in [4.78, 5) is 4.29. The quantitative estimate of drug-likeness (QED) is 0.640. The molecule has 0 aliphatic carbocycles. The second-order valence-corrected chi connectivity index (χ2v) is 4.07. The minimum absolute atomic E-state index is 0.0872. The van der Waals surface area contributed by atoms with Gasteiger partial charge in [0.2, 0.25) is 0 Å². The van der Waals surface area contributed by atoms with E-state index < -0.39 is 0 Å². The van der Waals surface area contributed by atoms with Crippen molar-refractivity contribution in [2.75, 3.05) is 0 Å². The van der Waals surface area contributed by atoms with Crippen LogP contribution in [0.3, 0.4) is 0 Å². The predicted octanol–water partition coefficient (Wildman–Crippen LogP) is 2.39. The van der Waals surface area contributed by atoms with Crippen LogP contribution in [0.4, 0.5) is 0 Å². The molecule has 0 fully saturated rings. The Morgan fingerprint density at radius 3 is 2.25 bits per heavy atom. The van der Waals surface area contributed by atoms with Crippen molar-refractivity contribution in [3.63, 3.8) is 0 Å². The lowest BCUT2D eigenvalue weighted by molar-refractivity contribution is 0.437. The fraction of sp³-hybridized carbons (Fsp3) is 0.500. The lowest BCUT2D eigenvalue weighted by Crippen LogP contribution is -2.14. The number of aromatic nitrogens is 1. The van der Waals surface area contributed by atoms with E-state index in [0.29, 0.717) is 0 Å². The van der Waals surface area contributed by atoms with Crippen LogP contribution in [0.5, 0.6) is 5.75 Å². The van der Waals surface area contributed by atoms with Crippen molar-refractivity contribution < 1.29 is 5.11 Å². The van der Waals surface area contributed by atoms with Crippen LogP contribution in [0.15, 0.2) is 12.1 Å². The molecule has 0 unspecified atom stereocenters. The standard InChI is InChI=1S/C10H15NO/c1-7-5-6-8(12)9(11-7)10(2,3)4/h5-6,12H,1-4H3. The fourth-order valence-corrected chi connectivity index (χ4v) is 1.10. The van der Waals surface area contributed by atoms with Crippen LogP contribution in [0.1, 0.15) is 32.2 Å². The number of nitrogens with zero attached hydrogens (tertiary/aromatic N) is 1. The summed E-state index contributed by atoms with van der Waals surface area (Å²) >= 11 is 0. The van der Waals surface area contributed by atoms with Gasteiger partial charge in [0.1, 0.15) is 5.75 Å². The van der Waals surface area contributed by atoms with Crippen molar-refractivity contribution in [2.45, 2.75) is 33.1 Å². The SMILES string of the molecule is Cc1ccc(O)c(C(C)(C)C)n1. The van der Waals surface area contributed by atoms with Crippen LogP contribution >= 0.6 is 0 Å². The minimum Gasteiger partial charge on any atom is -0.506 e. The van der Waals surface area contributed by atoms with Crippen molar-refractivity contribution in [1.82, 2.24) is 4.98 Å². The molecule has 1 aromatic rings. The van der Waals surface area contributed by atoms with E-state index in [1.54, 1.807) is 6.07 Å². The number of pyridine rings is 1. The van der Waals surface area contributed by atoms with Gasteiger partial charge in [0.15, 0.2) is 0 Å². The Labute approximate surface area is 73.3 Å². The average molecular weight is 165 g/mol. The van der Waals surface area contributed by atoms with Crippen molar-refractivity contribution in [3.05, 3.63) is 23.5 Å². The van der Waals surface area contributed by atoms with Gasteiger partial charge in [0.05, 0.1) is 5.69 Å². The molecule has 0 spiro atoms. The summed E-state index contributed by atoms with van der Waals surface area (Å²) in [6.45, 7) is 8.03. The second kappa shape index (κ2) is 2.77. The molecule has 1 rings (SSSR count). The summed E-state index contributed by atoms with van der Waals surface area (Å²) < 4.78 is 0. The van der Waals surface area contributed by atoms with E-state index in [0.717, 1.165) is 11.4 Å². The van der Waals surface area contributed by atoms with E-state index in [1.807, 2.05) is 33.8 Å². The number of hydrogen-bond donors (Lipinski definition) is 1. The van der Waals surface area contributed by atoms with Gasteiger partial charge < -0.3 is 5.11 Å². The van der Waals surface area contributed by atoms with Gasteiger partial charge in [-0.3, -0.25) is 4.98 Å². The summed E-state index contributed by atoms with van der Waals surface area (Å²) in [7, 11) is 0. The molecule has 1 N–H and O–H groups in total. The Hall–Kier alpha value is -1.05. The molecule has 0 aliphatic heterocycles. The molecule has 66 valence electrons. The van der Waals surface area contributed by atoms with Crippen LogP contribution in [0, 0.1) is 6.92 Å². The summed E-state index contributed by atoms with van der Waals surface area (Å²) in [6, 6.07) is 3.51. The molecule has 0 bridgehead atoms. The van der Waals surface area contributed by atoms with E-state index >= 15 is 0 Å². The van der Waals surface area contributed by atoms with E-state index in [1.165, 1.54) is 0 Å². The monoisotopic (exact) mass is 165 g/mol. The van der Waals surface area contributed by atoms with Crippen molar-refractivity contribution in [2.24, 2.45) is 0 Å². The van der Waals surface area contributed by atoms with E-state index in [9.17, 15) is 5.11 Å². The minimum atomic E-state index is -0.0872. The zero-order chi connectivity index (χ0) is 9.35. The number of rotatable bonds is 0. The molecule has 2 nitrogen and oxygen atoms in total. The third-order valence-corrected chi connectivity index (χ3v) is 1.72. The maximum atomic E-state index is 9.51. The first-order valence-electron chi connectivity index (χ1n) is 4.08. The van der Waals surface area contributed by atoms with Gasteiger partial charge >= 0.3 is 0 Å². The molecule has 0 aliphatic rings. The molecule has 0 amide bonds. The molecule has 1 aromatic heterocycles. The maximum Gasteiger partial charge on any atom is 0.137 e. The highest BCUT2D eigenvalue weighted by molar-refractivity contribution is 5.32. The molecule has 0 atom stereocenters. The average Bonchev–Trinajstić information content (AvgIpc) is 1.92. The van der Waals surface area contributed by atoms with Crippen LogP contribution in [-0.4, -0.2) is 10.1 Å². The van der Waals surface area contributed by atoms with Gasteiger partial charge in [-0.1, -0.05) is 20.8 Å². The van der Waals surface area contributed by atoms with Gasteiger partial charge in [-0.25, -0.2) is 0 Å². The zero-order valence-corrected chi connectivity index (χ0v) is 8.05. The lowest BCUT2D eigenvalue weighted by atomic mass is 9.91. The first kappa shape index (κ1) is 9.04. The first-order valence-corrected chi connectivity index (χ1v) is 4.08. The highest BCUT2D eigenvalue weighted by atomic mass is 16.3. The zero-order valence-electron chi connectivity index (χ0n) is 8.05. The molecule has 1 heterocycles. The topological polar surface area (TPSA) is 33.1 Å². The highest BCUT2D eigenvalue weighted by Gasteiger charge is 2.19. The Balaban J connectivity index is 3.23. The van der Waals surface area contributed by atoms with E-state index in [4.69, 9.17) is 0 Å². The second-order valence-electron chi connectivity index (χ2n) is 4.07. The molecule has 2 heteroatoms. The third-order valence-electron chi connectivity index (χ3n) is 1.72. The Kier molecular flexibility index (Phi) is 2.09. The number of aromatic hydroxyl groups is 1. The molecule has 0 radical (unpaired) electrons. The van der Waals surface area contributed by atoms with E-state index in [-0.39, 0.29) is 11.2 Å². The number of hydrogen-bond acceptors (Lipinski definition) is 2. The Morgan fingerprint density at radius 1 is 1.25 bits per heavy atom. The summed E-state index contributed by atoms with van der Waals surface area (Å²) in [5.41, 5.74) is 1.62. The molecule has 12 heavy (non-hydrogen) atoms. The first-order chi connectivity index (χ1) is 5.41. The summed E-state index contributed by atoms with van der Waals surface area (Å²) in [5.74, 6) is 0.285. The molecular formula is C10H15NO. The highest BCUT2D eigenvalue weighted by Crippen LogP contribution is 2.28. The lowest BCUT2D eigenvalue weighted by Gasteiger charge is -2.19. The van der Waals surface area contributed by atoms with Crippen molar-refractivity contribution >= 4 is 0 Å². The van der Waals surface area contributed by atoms with Gasteiger partial charge in [0, 0.05) is 11.1 Å². The van der Waals surface area contributed by atoms with Gasteiger partial charge in [-0.2, -0.15) is 0 Å². The fourth-order valence-electron chi connectivity index (χ4n) is 1.10. The third kappa shape index (κ3) is 1.76. The van der Waals surface area contributed by atoms with Gasteiger partial charge in [-0.05, 0) is 19.1 Å². The molecular weight excluding hydrogens is 150 g/mol. The summed E-state index contributed by atoms with van der Waals surface area (Å²) in [6.07, 6.45) is 0. The Bertz CT molecular complexity index is 286. The normalized spacial score (nSPS) is 11.7. The van der Waals surface area contributed by atoms with Gasteiger partial charge in [0.25, 0.3) is 0 Å². The van der Waals surface area contributed by atoms with Crippen LogP contribution in [0.2, 0.25) is 0 Å². The van der Waals surface area contributed by atoms with Crippen LogP contribution in [0.25, 0.3) is 0 Å².